The fourth-order valence-electron chi connectivity index (χ4n) is 2.70. The molecule has 0 radical (unpaired) electrons. The van der Waals surface area contributed by atoms with Gasteiger partial charge in [0.05, 0.1) is 12.8 Å². The maximum atomic E-state index is 12.9. The smallest absolute Gasteiger partial charge is 0.308 e. The Balaban J connectivity index is 1.93. The van der Waals surface area contributed by atoms with Crippen molar-refractivity contribution < 1.29 is 19.1 Å². The molecule has 0 amide bonds. The number of nitrogens with zero attached hydrogens (tertiary/aromatic N) is 1. The summed E-state index contributed by atoms with van der Waals surface area (Å²) in [6.45, 7) is 1.32. The molecule has 0 aliphatic carbocycles. The van der Waals surface area contributed by atoms with Crippen LogP contribution in [0.4, 0.5) is 5.69 Å². The van der Waals surface area contributed by atoms with Crippen LogP contribution in [0.3, 0.4) is 0 Å². The first kappa shape index (κ1) is 20.3. The predicted molar refractivity (Wildman–Crippen MR) is 113 cm³/mol. The standard InChI is InChI=1S/C23H18ClNO4/c1-15(26)29-21-11-8-16(12-22(21)28-2)14-25-20-10-9-18(24)13-19(20)23(27)17-6-4-3-5-7-17/h3-14H,1-2H3. The van der Waals surface area contributed by atoms with Crippen LogP contribution in [0.2, 0.25) is 5.02 Å². The van der Waals surface area contributed by atoms with Gasteiger partial charge in [0.2, 0.25) is 0 Å². The van der Waals surface area contributed by atoms with Crippen molar-refractivity contribution in [3.8, 4) is 11.5 Å². The Bertz CT molecular complexity index is 1080. The fourth-order valence-corrected chi connectivity index (χ4v) is 2.87. The lowest BCUT2D eigenvalue weighted by atomic mass is 10.0. The summed E-state index contributed by atoms with van der Waals surface area (Å²) in [5.41, 5.74) is 2.17. The lowest BCUT2D eigenvalue weighted by Crippen LogP contribution is -2.03. The van der Waals surface area contributed by atoms with Crippen molar-refractivity contribution in [3.05, 3.63) is 88.4 Å². The summed E-state index contributed by atoms with van der Waals surface area (Å²) in [4.78, 5) is 28.5. The minimum atomic E-state index is -0.435. The molecule has 0 N–H and O–H groups in total. The fraction of sp³-hybridized carbons (Fsp3) is 0.0870. The van der Waals surface area contributed by atoms with Crippen LogP contribution in [0.15, 0.2) is 71.7 Å². The van der Waals surface area contributed by atoms with E-state index >= 15 is 0 Å². The van der Waals surface area contributed by atoms with E-state index in [1.165, 1.54) is 14.0 Å². The highest BCUT2D eigenvalue weighted by molar-refractivity contribution is 6.31. The van der Waals surface area contributed by atoms with Crippen LogP contribution in [0.25, 0.3) is 0 Å². The average molecular weight is 408 g/mol. The molecule has 3 rings (SSSR count). The monoisotopic (exact) mass is 407 g/mol. The third-order valence-corrected chi connectivity index (χ3v) is 4.27. The van der Waals surface area contributed by atoms with Gasteiger partial charge in [0.15, 0.2) is 17.3 Å². The Kier molecular flexibility index (Phi) is 6.42. The second kappa shape index (κ2) is 9.17. The maximum Gasteiger partial charge on any atom is 0.308 e. The molecular weight excluding hydrogens is 390 g/mol. The molecule has 3 aromatic rings. The summed E-state index contributed by atoms with van der Waals surface area (Å²) in [5.74, 6) is 0.127. The van der Waals surface area contributed by atoms with Crippen LogP contribution < -0.4 is 9.47 Å². The first-order valence-corrected chi connectivity index (χ1v) is 9.15. The van der Waals surface area contributed by atoms with E-state index in [9.17, 15) is 9.59 Å². The van der Waals surface area contributed by atoms with E-state index in [-0.39, 0.29) is 5.78 Å². The second-order valence-corrected chi connectivity index (χ2v) is 6.56. The lowest BCUT2D eigenvalue weighted by Gasteiger charge is -2.09. The number of rotatable bonds is 6. The van der Waals surface area contributed by atoms with Crippen molar-refractivity contribution in [2.75, 3.05) is 7.11 Å². The second-order valence-electron chi connectivity index (χ2n) is 6.12. The zero-order valence-electron chi connectivity index (χ0n) is 15.9. The van der Waals surface area contributed by atoms with Gasteiger partial charge >= 0.3 is 5.97 Å². The summed E-state index contributed by atoms with van der Waals surface area (Å²) in [6, 6.07) is 19.0. The van der Waals surface area contributed by atoms with E-state index in [4.69, 9.17) is 21.1 Å². The number of hydrogen-bond donors (Lipinski definition) is 0. The number of benzene rings is 3. The third kappa shape index (κ3) is 5.09. The van der Waals surface area contributed by atoms with Gasteiger partial charge in [0, 0.05) is 29.3 Å². The van der Waals surface area contributed by atoms with Crippen molar-refractivity contribution in [2.24, 2.45) is 4.99 Å². The number of carbonyl (C=O) groups excluding carboxylic acids is 2. The summed E-state index contributed by atoms with van der Waals surface area (Å²) in [7, 11) is 1.49. The molecule has 0 bridgehead atoms. The normalized spacial score (nSPS) is 10.7. The van der Waals surface area contributed by atoms with E-state index in [1.54, 1.807) is 66.9 Å². The van der Waals surface area contributed by atoms with E-state index in [2.05, 4.69) is 4.99 Å². The molecule has 146 valence electrons. The molecule has 0 saturated carbocycles. The Hall–Kier alpha value is -3.44. The van der Waals surface area contributed by atoms with E-state index in [1.807, 2.05) is 6.07 Å². The molecule has 0 heterocycles. The van der Waals surface area contributed by atoms with Crippen LogP contribution in [-0.2, 0) is 4.79 Å². The molecular formula is C23H18ClNO4. The average Bonchev–Trinajstić information content (AvgIpc) is 2.73. The number of hydrogen-bond acceptors (Lipinski definition) is 5. The van der Waals surface area contributed by atoms with Crippen LogP contribution >= 0.6 is 11.6 Å². The third-order valence-electron chi connectivity index (χ3n) is 4.03. The number of aliphatic imine (C=N–C) groups is 1. The molecule has 5 nitrogen and oxygen atoms in total. The molecule has 3 aromatic carbocycles. The Morgan fingerprint density at radius 1 is 0.966 bits per heavy atom. The van der Waals surface area contributed by atoms with Gasteiger partial charge in [0.1, 0.15) is 0 Å². The quantitative estimate of drug-likeness (QED) is 0.242. The molecule has 29 heavy (non-hydrogen) atoms. The van der Waals surface area contributed by atoms with Gasteiger partial charge in [-0.3, -0.25) is 14.6 Å². The maximum absolute atomic E-state index is 12.9. The van der Waals surface area contributed by atoms with E-state index < -0.39 is 5.97 Å². The largest absolute Gasteiger partial charge is 0.493 e. The zero-order valence-corrected chi connectivity index (χ0v) is 16.6. The molecule has 0 unspecified atom stereocenters. The molecule has 0 aliphatic rings. The van der Waals surface area contributed by atoms with Crippen molar-refractivity contribution >= 4 is 35.3 Å². The molecule has 0 aromatic heterocycles. The predicted octanol–water partition coefficient (Wildman–Crippen LogP) is 5.26. The van der Waals surface area contributed by atoms with Gasteiger partial charge in [-0.25, -0.2) is 0 Å². The first-order valence-electron chi connectivity index (χ1n) is 8.78. The molecule has 0 saturated heterocycles. The van der Waals surface area contributed by atoms with Gasteiger partial charge < -0.3 is 9.47 Å². The van der Waals surface area contributed by atoms with Crippen LogP contribution in [0.5, 0.6) is 11.5 Å². The summed E-state index contributed by atoms with van der Waals surface area (Å²) < 4.78 is 10.4. The number of halogens is 1. The number of ketones is 1. The number of ether oxygens (including phenoxy) is 2. The van der Waals surface area contributed by atoms with Crippen LogP contribution in [-0.4, -0.2) is 25.1 Å². The highest BCUT2D eigenvalue weighted by Gasteiger charge is 2.14. The Morgan fingerprint density at radius 2 is 1.72 bits per heavy atom. The van der Waals surface area contributed by atoms with Crippen molar-refractivity contribution in [1.82, 2.24) is 0 Å². The molecule has 0 aliphatic heterocycles. The summed E-state index contributed by atoms with van der Waals surface area (Å²) in [6.07, 6.45) is 1.60. The summed E-state index contributed by atoms with van der Waals surface area (Å²) >= 11 is 6.10. The van der Waals surface area contributed by atoms with E-state index in [0.29, 0.717) is 38.9 Å². The van der Waals surface area contributed by atoms with Gasteiger partial charge in [-0.05, 0) is 42.0 Å². The highest BCUT2D eigenvalue weighted by atomic mass is 35.5. The van der Waals surface area contributed by atoms with E-state index in [0.717, 1.165) is 0 Å². The SMILES string of the molecule is COc1cc(C=Nc2ccc(Cl)cc2C(=O)c2ccccc2)ccc1OC(C)=O. The molecule has 6 heteroatoms. The van der Waals surface area contributed by atoms with Crippen molar-refractivity contribution in [3.63, 3.8) is 0 Å². The minimum Gasteiger partial charge on any atom is -0.493 e. The van der Waals surface area contributed by atoms with Gasteiger partial charge in [-0.1, -0.05) is 41.9 Å². The topological polar surface area (TPSA) is 65.0 Å². The van der Waals surface area contributed by atoms with Crippen molar-refractivity contribution in [2.45, 2.75) is 6.92 Å². The van der Waals surface area contributed by atoms with Crippen molar-refractivity contribution in [1.29, 1.82) is 0 Å². The summed E-state index contributed by atoms with van der Waals surface area (Å²) in [5, 5.41) is 0.454. The Labute approximate surface area is 173 Å². The first-order chi connectivity index (χ1) is 14.0. The minimum absolute atomic E-state index is 0.164. The zero-order chi connectivity index (χ0) is 20.8. The number of carbonyl (C=O) groups is 2. The van der Waals surface area contributed by atoms with Crippen LogP contribution in [0, 0.1) is 0 Å². The van der Waals surface area contributed by atoms with Gasteiger partial charge in [-0.15, -0.1) is 0 Å². The molecule has 0 atom stereocenters. The van der Waals surface area contributed by atoms with Gasteiger partial charge in [-0.2, -0.15) is 0 Å². The Morgan fingerprint density at radius 3 is 2.41 bits per heavy atom. The highest BCUT2D eigenvalue weighted by Crippen LogP contribution is 2.29. The molecule has 0 fully saturated rings. The lowest BCUT2D eigenvalue weighted by molar-refractivity contribution is -0.132. The number of esters is 1. The number of methoxy groups -OCH3 is 1. The van der Waals surface area contributed by atoms with Crippen LogP contribution in [0.1, 0.15) is 28.4 Å². The van der Waals surface area contributed by atoms with Gasteiger partial charge in [0.25, 0.3) is 0 Å². The molecule has 0 spiro atoms.